The van der Waals surface area contributed by atoms with Gasteiger partial charge in [-0.25, -0.2) is 9.48 Å². The van der Waals surface area contributed by atoms with Gasteiger partial charge in [0.2, 0.25) is 0 Å². The highest BCUT2D eigenvalue weighted by molar-refractivity contribution is 5.99. The molecule has 0 unspecified atom stereocenters. The minimum absolute atomic E-state index is 0.218. The van der Waals surface area contributed by atoms with Gasteiger partial charge in [0, 0.05) is 41.4 Å². The number of pyridine rings is 1. The van der Waals surface area contributed by atoms with Gasteiger partial charge in [-0.1, -0.05) is 61.7 Å². The van der Waals surface area contributed by atoms with E-state index in [0.29, 0.717) is 17.2 Å². The Balaban J connectivity index is 1.24. The van der Waals surface area contributed by atoms with Crippen LogP contribution >= 0.6 is 0 Å². The number of aromatic nitrogens is 3. The van der Waals surface area contributed by atoms with Gasteiger partial charge in [0.1, 0.15) is 5.69 Å². The van der Waals surface area contributed by atoms with Crippen molar-refractivity contribution in [1.82, 2.24) is 14.8 Å². The topological polar surface area (TPSA) is 74.1 Å². The number of hydrogen-bond donors (Lipinski definition) is 0. The molecule has 2 aromatic carbocycles. The average molecular weight is 492 g/mol. The summed E-state index contributed by atoms with van der Waals surface area (Å²) < 4.78 is 7.01. The summed E-state index contributed by atoms with van der Waals surface area (Å²) in [6.45, 7) is -0.301. The standard InChI is InChI=1S/C31H29N3O3/c35-29(25-15-13-24(14-16-25)23-8-3-1-4-9-23)22-37-30(36)18-17-27-21-34(28-11-5-2-6-12-28)33-31(27)26-10-7-19-32-20-26/h2,5-7,10-21,23H,1,3-4,8-9,22H2/b18-17+. The first-order chi connectivity index (χ1) is 18.2. The van der Waals surface area contributed by atoms with Gasteiger partial charge in [0.15, 0.2) is 12.4 Å². The first-order valence-corrected chi connectivity index (χ1v) is 12.7. The first kappa shape index (κ1) is 24.4. The Kier molecular flexibility index (Phi) is 7.65. The van der Waals surface area contributed by atoms with Crippen LogP contribution in [0.5, 0.6) is 0 Å². The maximum absolute atomic E-state index is 12.6. The van der Waals surface area contributed by atoms with Crippen molar-refractivity contribution in [2.75, 3.05) is 6.61 Å². The van der Waals surface area contributed by atoms with E-state index in [9.17, 15) is 9.59 Å². The molecule has 186 valence electrons. The predicted octanol–water partition coefficient (Wildman–Crippen LogP) is 6.42. The normalized spacial score (nSPS) is 14.1. The van der Waals surface area contributed by atoms with E-state index in [1.807, 2.05) is 72.9 Å². The fraction of sp³-hybridized carbons (Fsp3) is 0.226. The number of carbonyl (C=O) groups excluding carboxylic acids is 2. The third-order valence-corrected chi connectivity index (χ3v) is 6.75. The molecule has 37 heavy (non-hydrogen) atoms. The fourth-order valence-electron chi connectivity index (χ4n) is 4.75. The van der Waals surface area contributed by atoms with Crippen LogP contribution in [-0.2, 0) is 9.53 Å². The number of ether oxygens (including phenoxy) is 1. The molecule has 6 heteroatoms. The molecule has 4 aromatic rings. The molecular formula is C31H29N3O3. The molecule has 5 rings (SSSR count). The lowest BCUT2D eigenvalue weighted by molar-refractivity contribution is -0.136. The lowest BCUT2D eigenvalue weighted by atomic mass is 9.84. The average Bonchev–Trinajstić information content (AvgIpc) is 3.41. The molecule has 0 amide bonds. The van der Waals surface area contributed by atoms with Gasteiger partial charge in [0.05, 0.1) is 5.69 Å². The Hall–Kier alpha value is -4.32. The van der Waals surface area contributed by atoms with Crippen molar-refractivity contribution in [3.63, 3.8) is 0 Å². The Labute approximate surface area is 216 Å². The van der Waals surface area contributed by atoms with Crippen molar-refractivity contribution >= 4 is 17.8 Å². The van der Waals surface area contributed by atoms with E-state index >= 15 is 0 Å². The largest absolute Gasteiger partial charge is 0.454 e. The van der Waals surface area contributed by atoms with E-state index < -0.39 is 5.97 Å². The van der Waals surface area contributed by atoms with Gasteiger partial charge in [-0.3, -0.25) is 9.78 Å². The fourth-order valence-corrected chi connectivity index (χ4v) is 4.75. The minimum atomic E-state index is -0.586. The minimum Gasteiger partial charge on any atom is -0.454 e. The molecule has 0 spiro atoms. The van der Waals surface area contributed by atoms with E-state index in [4.69, 9.17) is 9.84 Å². The van der Waals surface area contributed by atoms with Gasteiger partial charge in [-0.05, 0) is 54.7 Å². The number of hydrogen-bond acceptors (Lipinski definition) is 5. The van der Waals surface area contributed by atoms with Crippen LogP contribution in [0.2, 0.25) is 0 Å². The maximum Gasteiger partial charge on any atom is 0.331 e. The molecule has 1 saturated carbocycles. The van der Waals surface area contributed by atoms with Crippen LogP contribution in [0.25, 0.3) is 23.0 Å². The zero-order valence-electron chi connectivity index (χ0n) is 20.6. The lowest BCUT2D eigenvalue weighted by Gasteiger charge is -2.22. The molecule has 1 fully saturated rings. The van der Waals surface area contributed by atoms with Crippen molar-refractivity contribution < 1.29 is 14.3 Å². The van der Waals surface area contributed by atoms with Crippen LogP contribution in [0, 0.1) is 0 Å². The Morgan fingerprint density at radius 2 is 1.73 bits per heavy atom. The quantitative estimate of drug-likeness (QED) is 0.161. The second-order valence-corrected chi connectivity index (χ2v) is 9.28. The van der Waals surface area contributed by atoms with Crippen LogP contribution in [0.4, 0.5) is 0 Å². The molecule has 2 heterocycles. The molecule has 6 nitrogen and oxygen atoms in total. The van der Waals surface area contributed by atoms with Crippen molar-refractivity contribution in [2.24, 2.45) is 0 Å². The zero-order valence-corrected chi connectivity index (χ0v) is 20.6. The predicted molar refractivity (Wildman–Crippen MR) is 143 cm³/mol. The van der Waals surface area contributed by atoms with Gasteiger partial charge < -0.3 is 4.74 Å². The summed E-state index contributed by atoms with van der Waals surface area (Å²) in [6, 6.07) is 21.2. The van der Waals surface area contributed by atoms with Crippen molar-refractivity contribution in [3.8, 4) is 16.9 Å². The second kappa shape index (κ2) is 11.6. The van der Waals surface area contributed by atoms with Crippen LogP contribution in [0.15, 0.2) is 91.4 Å². The summed E-state index contributed by atoms with van der Waals surface area (Å²) in [5.74, 6) is -0.217. The van der Waals surface area contributed by atoms with Crippen molar-refractivity contribution in [2.45, 2.75) is 38.0 Å². The number of para-hydroxylation sites is 1. The van der Waals surface area contributed by atoms with Crippen LogP contribution < -0.4 is 0 Å². The molecule has 0 saturated heterocycles. The summed E-state index contributed by atoms with van der Waals surface area (Å²) in [5.41, 5.74) is 5.00. The van der Waals surface area contributed by atoms with Crippen LogP contribution in [0.3, 0.4) is 0 Å². The number of Topliss-reactive ketones (excluding diaryl/α,β-unsaturated/α-hetero) is 1. The first-order valence-electron chi connectivity index (χ1n) is 12.7. The van der Waals surface area contributed by atoms with Gasteiger partial charge >= 0.3 is 5.97 Å². The Morgan fingerprint density at radius 1 is 0.946 bits per heavy atom. The summed E-state index contributed by atoms with van der Waals surface area (Å²) in [4.78, 5) is 29.2. The van der Waals surface area contributed by atoms with Crippen molar-refractivity contribution in [1.29, 1.82) is 0 Å². The molecule has 0 aliphatic heterocycles. The van der Waals surface area contributed by atoms with Gasteiger partial charge in [-0.2, -0.15) is 5.10 Å². The van der Waals surface area contributed by atoms with E-state index in [1.165, 1.54) is 43.7 Å². The number of ketones is 1. The van der Waals surface area contributed by atoms with Crippen molar-refractivity contribution in [3.05, 3.63) is 108 Å². The third-order valence-electron chi connectivity index (χ3n) is 6.75. The number of rotatable bonds is 8. The summed E-state index contributed by atoms with van der Waals surface area (Å²) in [6.07, 6.45) is 14.5. The number of esters is 1. The van der Waals surface area contributed by atoms with E-state index in [-0.39, 0.29) is 12.4 Å². The highest BCUT2D eigenvalue weighted by Crippen LogP contribution is 2.32. The van der Waals surface area contributed by atoms with E-state index in [0.717, 1.165) is 16.8 Å². The molecule has 1 aliphatic carbocycles. The summed E-state index contributed by atoms with van der Waals surface area (Å²) in [7, 11) is 0. The monoisotopic (exact) mass is 491 g/mol. The molecule has 0 N–H and O–H groups in total. The molecule has 2 aromatic heterocycles. The highest BCUT2D eigenvalue weighted by Gasteiger charge is 2.16. The molecular weight excluding hydrogens is 462 g/mol. The number of benzene rings is 2. The lowest BCUT2D eigenvalue weighted by Crippen LogP contribution is -2.13. The smallest absolute Gasteiger partial charge is 0.331 e. The molecule has 1 aliphatic rings. The zero-order chi connectivity index (χ0) is 25.5. The van der Waals surface area contributed by atoms with Gasteiger partial charge in [0.25, 0.3) is 0 Å². The second-order valence-electron chi connectivity index (χ2n) is 9.28. The Bertz CT molecular complexity index is 1370. The van der Waals surface area contributed by atoms with E-state index in [2.05, 4.69) is 4.98 Å². The van der Waals surface area contributed by atoms with Crippen LogP contribution in [0.1, 0.15) is 59.5 Å². The highest BCUT2D eigenvalue weighted by atomic mass is 16.5. The summed E-state index contributed by atoms with van der Waals surface area (Å²) >= 11 is 0. The van der Waals surface area contributed by atoms with Gasteiger partial charge in [-0.15, -0.1) is 0 Å². The van der Waals surface area contributed by atoms with Crippen LogP contribution in [-0.4, -0.2) is 33.1 Å². The number of nitrogens with zero attached hydrogens (tertiary/aromatic N) is 3. The summed E-state index contributed by atoms with van der Waals surface area (Å²) in [5, 5.41) is 4.70. The SMILES string of the molecule is O=C(/C=C/c1cn(-c2ccccc2)nc1-c1cccnc1)OCC(=O)c1ccc(C2CCCCC2)cc1. The third kappa shape index (κ3) is 6.09. The number of carbonyl (C=O) groups is 2. The molecule has 0 radical (unpaired) electrons. The maximum atomic E-state index is 12.6. The van der Waals surface area contributed by atoms with E-state index in [1.54, 1.807) is 23.2 Å². The molecule has 0 atom stereocenters. The Morgan fingerprint density at radius 3 is 2.46 bits per heavy atom. The molecule has 0 bridgehead atoms.